The summed E-state index contributed by atoms with van der Waals surface area (Å²) >= 11 is 0. The summed E-state index contributed by atoms with van der Waals surface area (Å²) in [5.74, 6) is -0.720. The number of nitrogens with one attached hydrogen (secondary N) is 1. The second-order valence-electron chi connectivity index (χ2n) is 2.69. The molecule has 0 rings (SSSR count). The van der Waals surface area contributed by atoms with E-state index < -0.39 is 15.9 Å². The normalized spacial score (nSPS) is 11.3. The van der Waals surface area contributed by atoms with Gasteiger partial charge >= 0.3 is 0 Å². The Morgan fingerprint density at radius 2 is 2.14 bits per heavy atom. The summed E-state index contributed by atoms with van der Waals surface area (Å²) in [7, 11) is -3.48. The van der Waals surface area contributed by atoms with E-state index in [1.807, 2.05) is 4.72 Å². The summed E-state index contributed by atoms with van der Waals surface area (Å²) in [5, 5.41) is 0. The Labute approximate surface area is 83.9 Å². The lowest BCUT2D eigenvalue weighted by molar-refractivity contribution is -0.123. The van der Waals surface area contributed by atoms with E-state index in [0.717, 1.165) is 0 Å². The van der Waals surface area contributed by atoms with E-state index in [9.17, 15) is 13.2 Å². The van der Waals surface area contributed by atoms with Gasteiger partial charge in [0.1, 0.15) is 6.61 Å². The molecule has 0 atom stereocenters. The van der Waals surface area contributed by atoms with Crippen LogP contribution in [-0.4, -0.2) is 39.8 Å². The molecule has 7 heteroatoms. The van der Waals surface area contributed by atoms with E-state index in [2.05, 4.69) is 0 Å². The summed E-state index contributed by atoms with van der Waals surface area (Å²) in [6.07, 6.45) is 0.465. The highest BCUT2D eigenvalue weighted by atomic mass is 32.2. The highest BCUT2D eigenvalue weighted by Gasteiger charge is 2.12. The van der Waals surface area contributed by atoms with E-state index in [0.29, 0.717) is 13.0 Å². The molecule has 1 amide bonds. The monoisotopic (exact) mass is 224 g/mol. The molecule has 0 aromatic rings. The van der Waals surface area contributed by atoms with Crippen molar-refractivity contribution in [2.24, 2.45) is 5.73 Å². The lowest BCUT2D eigenvalue weighted by atomic mass is 10.6. The predicted octanol–water partition coefficient (Wildman–Crippen LogP) is -1.18. The topological polar surface area (TPSA) is 98.5 Å². The molecule has 6 nitrogen and oxygen atoms in total. The van der Waals surface area contributed by atoms with Gasteiger partial charge in [0.15, 0.2) is 0 Å². The van der Waals surface area contributed by atoms with E-state index in [-0.39, 0.29) is 19.0 Å². The number of rotatable bonds is 7. The number of carbonyl (C=O) groups is 1. The molecule has 84 valence electrons. The highest BCUT2D eigenvalue weighted by Crippen LogP contribution is 1.88. The molecule has 0 aliphatic heterocycles. The molecule has 0 aromatic carbocycles. The summed E-state index contributed by atoms with van der Waals surface area (Å²) in [4.78, 5) is 11.0. The van der Waals surface area contributed by atoms with Crippen LogP contribution in [0.15, 0.2) is 0 Å². The van der Waals surface area contributed by atoms with Gasteiger partial charge in [0, 0.05) is 6.54 Å². The second kappa shape index (κ2) is 6.74. The molecule has 0 aliphatic rings. The number of hydrogen-bond donors (Lipinski definition) is 2. The van der Waals surface area contributed by atoms with Crippen LogP contribution in [0.4, 0.5) is 0 Å². The van der Waals surface area contributed by atoms with Gasteiger partial charge in [-0.05, 0) is 6.42 Å². The molecular weight excluding hydrogens is 208 g/mol. The van der Waals surface area contributed by atoms with Crippen LogP contribution in [0.2, 0.25) is 0 Å². The van der Waals surface area contributed by atoms with Crippen LogP contribution in [0.5, 0.6) is 0 Å². The Morgan fingerprint density at radius 3 is 2.64 bits per heavy atom. The van der Waals surface area contributed by atoms with Gasteiger partial charge in [-0.3, -0.25) is 9.52 Å². The van der Waals surface area contributed by atoms with Crippen molar-refractivity contribution < 1.29 is 17.9 Å². The molecule has 0 fully saturated rings. The van der Waals surface area contributed by atoms with Gasteiger partial charge in [0.05, 0.1) is 12.4 Å². The molecule has 0 unspecified atom stereocenters. The number of amides is 1. The quantitative estimate of drug-likeness (QED) is 0.530. The van der Waals surface area contributed by atoms with Crippen LogP contribution in [0.3, 0.4) is 0 Å². The average Bonchev–Trinajstić information content (AvgIpc) is 2.03. The largest absolute Gasteiger partial charge is 0.370 e. The van der Waals surface area contributed by atoms with Crippen molar-refractivity contribution in [2.45, 2.75) is 13.3 Å². The lowest BCUT2D eigenvalue weighted by Crippen LogP contribution is -2.35. The number of carbonyl (C=O) groups excluding carboxylic acids is 1. The standard InChI is InChI=1S/C7H16N2O4S/c1-2-5-14(11,12)9-7(10)6-13-4-3-8/h2-6,8H2,1H3,(H,9,10). The van der Waals surface area contributed by atoms with Crippen molar-refractivity contribution in [3.63, 3.8) is 0 Å². The zero-order valence-corrected chi connectivity index (χ0v) is 8.97. The zero-order valence-electron chi connectivity index (χ0n) is 8.15. The minimum atomic E-state index is -3.48. The first kappa shape index (κ1) is 13.3. The van der Waals surface area contributed by atoms with E-state index in [1.165, 1.54) is 0 Å². The molecule has 0 aromatic heterocycles. The smallest absolute Gasteiger partial charge is 0.259 e. The second-order valence-corrected chi connectivity index (χ2v) is 4.53. The van der Waals surface area contributed by atoms with Gasteiger partial charge in [-0.15, -0.1) is 0 Å². The van der Waals surface area contributed by atoms with Crippen molar-refractivity contribution in [1.82, 2.24) is 4.72 Å². The van der Waals surface area contributed by atoms with Crippen LogP contribution in [0, 0.1) is 0 Å². The Kier molecular flexibility index (Phi) is 6.43. The molecule has 0 spiro atoms. The predicted molar refractivity (Wildman–Crippen MR) is 52.1 cm³/mol. The number of sulfonamides is 1. The summed E-state index contributed by atoms with van der Waals surface area (Å²) in [5.41, 5.74) is 5.11. The Bertz CT molecular complexity index is 263. The maximum absolute atomic E-state index is 11.1. The zero-order chi connectivity index (χ0) is 11.0. The van der Waals surface area contributed by atoms with Crippen molar-refractivity contribution in [2.75, 3.05) is 25.5 Å². The van der Waals surface area contributed by atoms with Gasteiger partial charge in [-0.2, -0.15) is 0 Å². The Hall–Kier alpha value is -0.660. The van der Waals surface area contributed by atoms with Gasteiger partial charge in [-0.1, -0.05) is 6.92 Å². The minimum absolute atomic E-state index is 0.0599. The molecule has 0 bridgehead atoms. The van der Waals surface area contributed by atoms with Gasteiger partial charge in [-0.25, -0.2) is 8.42 Å². The van der Waals surface area contributed by atoms with Crippen molar-refractivity contribution in [1.29, 1.82) is 0 Å². The SMILES string of the molecule is CCCS(=O)(=O)NC(=O)COCCN. The van der Waals surface area contributed by atoms with Crippen molar-refractivity contribution in [3.8, 4) is 0 Å². The third-order valence-electron chi connectivity index (χ3n) is 1.24. The molecule has 0 heterocycles. The Balaban J connectivity index is 3.82. The van der Waals surface area contributed by atoms with Gasteiger partial charge in [0.2, 0.25) is 10.0 Å². The van der Waals surface area contributed by atoms with Crippen LogP contribution in [0.25, 0.3) is 0 Å². The van der Waals surface area contributed by atoms with Crippen LogP contribution >= 0.6 is 0 Å². The molecule has 3 N–H and O–H groups in total. The van der Waals surface area contributed by atoms with Crippen LogP contribution in [0.1, 0.15) is 13.3 Å². The van der Waals surface area contributed by atoms with E-state index >= 15 is 0 Å². The first-order valence-electron chi connectivity index (χ1n) is 4.33. The average molecular weight is 224 g/mol. The van der Waals surface area contributed by atoms with Crippen LogP contribution in [-0.2, 0) is 19.6 Å². The first-order chi connectivity index (χ1) is 6.52. The first-order valence-corrected chi connectivity index (χ1v) is 5.98. The summed E-state index contributed by atoms with van der Waals surface area (Å²) < 4.78 is 28.8. The fraction of sp³-hybridized carbons (Fsp3) is 0.857. The highest BCUT2D eigenvalue weighted by molar-refractivity contribution is 7.90. The van der Waals surface area contributed by atoms with Crippen LogP contribution < -0.4 is 10.5 Å². The molecule has 0 saturated heterocycles. The fourth-order valence-corrected chi connectivity index (χ4v) is 1.82. The van der Waals surface area contributed by atoms with Crippen molar-refractivity contribution >= 4 is 15.9 Å². The third kappa shape index (κ3) is 6.81. The van der Waals surface area contributed by atoms with E-state index in [1.54, 1.807) is 6.92 Å². The maximum atomic E-state index is 11.1. The van der Waals surface area contributed by atoms with E-state index in [4.69, 9.17) is 10.5 Å². The molecule has 0 aliphatic carbocycles. The molecule has 14 heavy (non-hydrogen) atoms. The number of ether oxygens (including phenoxy) is 1. The maximum Gasteiger partial charge on any atom is 0.259 e. The fourth-order valence-electron chi connectivity index (χ4n) is 0.771. The summed E-state index contributed by atoms with van der Waals surface area (Å²) in [6.45, 7) is 1.98. The minimum Gasteiger partial charge on any atom is -0.370 e. The molecule has 0 radical (unpaired) electrons. The van der Waals surface area contributed by atoms with Crippen molar-refractivity contribution in [3.05, 3.63) is 0 Å². The number of hydrogen-bond acceptors (Lipinski definition) is 5. The Morgan fingerprint density at radius 1 is 1.50 bits per heavy atom. The molecular formula is C7H16N2O4S. The molecule has 0 saturated carbocycles. The number of nitrogens with two attached hydrogens (primary N) is 1. The lowest BCUT2D eigenvalue weighted by Gasteiger charge is -2.05. The third-order valence-corrected chi connectivity index (χ3v) is 2.72. The summed E-state index contributed by atoms with van der Waals surface area (Å²) in [6, 6.07) is 0. The van der Waals surface area contributed by atoms with Gasteiger partial charge in [0.25, 0.3) is 5.91 Å². The van der Waals surface area contributed by atoms with Gasteiger partial charge < -0.3 is 10.5 Å².